The third-order valence-corrected chi connectivity index (χ3v) is 4.68. The fraction of sp³-hybridized carbons (Fsp3) is 0.632. The Morgan fingerprint density at radius 2 is 2.04 bits per heavy atom. The van der Waals surface area contributed by atoms with Crippen LogP contribution >= 0.6 is 11.6 Å². The molecular formula is C19H31ClN4O. The van der Waals surface area contributed by atoms with E-state index < -0.39 is 0 Å². The number of nitrogens with zero attached hydrogens (tertiary/aromatic N) is 3. The Labute approximate surface area is 157 Å². The van der Waals surface area contributed by atoms with E-state index in [4.69, 9.17) is 21.3 Å². The van der Waals surface area contributed by atoms with Crippen LogP contribution in [0, 0.1) is 0 Å². The quantitative estimate of drug-likeness (QED) is 0.436. The molecule has 25 heavy (non-hydrogen) atoms. The average Bonchev–Trinajstić information content (AvgIpc) is 2.63. The first-order valence-corrected chi connectivity index (χ1v) is 9.61. The van der Waals surface area contributed by atoms with E-state index >= 15 is 0 Å². The zero-order valence-electron chi connectivity index (χ0n) is 15.5. The first-order chi connectivity index (χ1) is 12.2. The topological polar surface area (TPSA) is 40.1 Å². The lowest BCUT2D eigenvalue weighted by Crippen LogP contribution is -2.38. The van der Waals surface area contributed by atoms with Crippen LogP contribution in [0.3, 0.4) is 0 Å². The highest BCUT2D eigenvalue weighted by molar-refractivity contribution is 6.31. The van der Waals surface area contributed by atoms with Crippen molar-refractivity contribution in [3.63, 3.8) is 0 Å². The van der Waals surface area contributed by atoms with Crippen LogP contribution in [0.15, 0.2) is 29.3 Å². The summed E-state index contributed by atoms with van der Waals surface area (Å²) in [6.07, 6.45) is 2.28. The molecule has 1 aliphatic rings. The van der Waals surface area contributed by atoms with Crippen molar-refractivity contribution in [2.45, 2.75) is 26.3 Å². The van der Waals surface area contributed by atoms with Crippen LogP contribution < -0.4 is 5.32 Å². The zero-order chi connectivity index (χ0) is 17.9. The van der Waals surface area contributed by atoms with Crippen LogP contribution in [0.1, 0.15) is 25.3 Å². The van der Waals surface area contributed by atoms with Crippen molar-refractivity contribution in [2.75, 3.05) is 53.0 Å². The molecule has 0 aromatic heterocycles. The Balaban J connectivity index is 1.77. The van der Waals surface area contributed by atoms with Gasteiger partial charge in [0.2, 0.25) is 0 Å². The summed E-state index contributed by atoms with van der Waals surface area (Å²) in [6.45, 7) is 9.56. The second-order valence-electron chi connectivity index (χ2n) is 6.34. The molecule has 0 amide bonds. The summed E-state index contributed by atoms with van der Waals surface area (Å²) in [6, 6.07) is 7.97. The van der Waals surface area contributed by atoms with Crippen molar-refractivity contribution in [2.24, 2.45) is 4.99 Å². The monoisotopic (exact) mass is 366 g/mol. The van der Waals surface area contributed by atoms with Crippen molar-refractivity contribution in [3.8, 4) is 0 Å². The molecule has 6 heteroatoms. The van der Waals surface area contributed by atoms with Gasteiger partial charge < -0.3 is 15.0 Å². The Bertz CT molecular complexity index is 532. The number of hydrogen-bond donors (Lipinski definition) is 1. The van der Waals surface area contributed by atoms with Gasteiger partial charge in [0.05, 0.1) is 13.2 Å². The maximum atomic E-state index is 6.27. The molecule has 1 saturated heterocycles. The summed E-state index contributed by atoms with van der Waals surface area (Å²) in [7, 11) is 2.05. The third-order valence-electron chi connectivity index (χ3n) is 4.31. The van der Waals surface area contributed by atoms with Crippen molar-refractivity contribution >= 4 is 17.6 Å². The van der Waals surface area contributed by atoms with Gasteiger partial charge in [-0.1, -0.05) is 29.8 Å². The van der Waals surface area contributed by atoms with Gasteiger partial charge in [0.15, 0.2) is 5.96 Å². The summed E-state index contributed by atoms with van der Waals surface area (Å²) in [5, 5.41) is 4.17. The van der Waals surface area contributed by atoms with Crippen molar-refractivity contribution < 1.29 is 4.74 Å². The number of unbranched alkanes of at least 4 members (excludes halogenated alkanes) is 1. The van der Waals surface area contributed by atoms with E-state index in [1.54, 1.807) is 0 Å². The smallest absolute Gasteiger partial charge is 0.193 e. The van der Waals surface area contributed by atoms with Crippen LogP contribution in [0.5, 0.6) is 0 Å². The number of benzene rings is 1. The summed E-state index contributed by atoms with van der Waals surface area (Å²) in [5.74, 6) is 0.939. The normalized spacial score (nSPS) is 16.0. The fourth-order valence-corrected chi connectivity index (χ4v) is 3.08. The zero-order valence-corrected chi connectivity index (χ0v) is 16.3. The van der Waals surface area contributed by atoms with Gasteiger partial charge in [0.1, 0.15) is 0 Å². The molecule has 0 saturated carbocycles. The molecule has 1 fully saturated rings. The first-order valence-electron chi connectivity index (χ1n) is 9.23. The molecule has 0 radical (unpaired) electrons. The maximum absolute atomic E-state index is 6.27. The van der Waals surface area contributed by atoms with E-state index in [1.165, 1.54) is 6.42 Å². The minimum atomic E-state index is 0.749. The molecule has 0 aliphatic carbocycles. The lowest BCUT2D eigenvalue weighted by molar-refractivity contribution is 0.0373. The molecule has 1 aromatic carbocycles. The van der Waals surface area contributed by atoms with Gasteiger partial charge in [-0.05, 0) is 37.9 Å². The predicted molar refractivity (Wildman–Crippen MR) is 105 cm³/mol. The Morgan fingerprint density at radius 3 is 2.76 bits per heavy atom. The minimum Gasteiger partial charge on any atom is -0.379 e. The standard InChI is InChI=1S/C19H31ClN4O/c1-3-21-19(23(2)16-17-8-4-5-9-18(17)20)22-10-6-7-11-24-12-14-25-15-13-24/h4-5,8-9H,3,6-7,10-16H2,1-2H3,(H,21,22). The molecule has 1 aromatic rings. The Hall–Kier alpha value is -1.30. The summed E-state index contributed by atoms with van der Waals surface area (Å²) < 4.78 is 5.38. The van der Waals surface area contributed by atoms with Gasteiger partial charge in [-0.15, -0.1) is 0 Å². The molecule has 140 valence electrons. The van der Waals surface area contributed by atoms with Gasteiger partial charge in [0, 0.05) is 44.8 Å². The number of morpholine rings is 1. The number of hydrogen-bond acceptors (Lipinski definition) is 3. The number of ether oxygens (including phenoxy) is 1. The fourth-order valence-electron chi connectivity index (χ4n) is 2.88. The summed E-state index contributed by atoms with van der Waals surface area (Å²) in [4.78, 5) is 9.37. The van der Waals surface area contributed by atoms with E-state index in [9.17, 15) is 0 Å². The molecule has 0 unspecified atom stereocenters. The molecule has 0 spiro atoms. The Kier molecular flexibility index (Phi) is 9.08. The highest BCUT2D eigenvalue weighted by atomic mass is 35.5. The first kappa shape index (κ1) is 20.0. The SMILES string of the molecule is CCNC(=NCCCCN1CCOCC1)N(C)Cc1ccccc1Cl. The van der Waals surface area contributed by atoms with E-state index in [0.29, 0.717) is 0 Å². The largest absolute Gasteiger partial charge is 0.379 e. The van der Waals surface area contributed by atoms with Crippen molar-refractivity contribution in [1.29, 1.82) is 0 Å². The average molecular weight is 367 g/mol. The van der Waals surface area contributed by atoms with Gasteiger partial charge >= 0.3 is 0 Å². The van der Waals surface area contributed by atoms with E-state index in [1.807, 2.05) is 18.2 Å². The number of nitrogens with one attached hydrogen (secondary N) is 1. The van der Waals surface area contributed by atoms with Crippen LogP contribution in [-0.4, -0.2) is 68.7 Å². The molecule has 1 aliphatic heterocycles. The van der Waals surface area contributed by atoms with Gasteiger partial charge in [-0.2, -0.15) is 0 Å². The van der Waals surface area contributed by atoms with Gasteiger partial charge in [-0.25, -0.2) is 0 Å². The predicted octanol–water partition coefficient (Wildman–Crippen LogP) is 2.85. The van der Waals surface area contributed by atoms with Crippen LogP contribution in [-0.2, 0) is 11.3 Å². The number of rotatable bonds is 8. The van der Waals surface area contributed by atoms with Gasteiger partial charge in [0.25, 0.3) is 0 Å². The number of guanidine groups is 1. The molecule has 0 bridgehead atoms. The number of halogens is 1. The van der Waals surface area contributed by atoms with Crippen LogP contribution in [0.4, 0.5) is 0 Å². The highest BCUT2D eigenvalue weighted by Crippen LogP contribution is 2.16. The van der Waals surface area contributed by atoms with Crippen LogP contribution in [0.25, 0.3) is 0 Å². The lowest BCUT2D eigenvalue weighted by Gasteiger charge is -2.26. The molecular weight excluding hydrogens is 336 g/mol. The van der Waals surface area contributed by atoms with E-state index in [-0.39, 0.29) is 0 Å². The van der Waals surface area contributed by atoms with Crippen LogP contribution in [0.2, 0.25) is 5.02 Å². The summed E-state index contributed by atoms with van der Waals surface area (Å²) in [5.41, 5.74) is 1.12. The molecule has 2 rings (SSSR count). The molecule has 1 N–H and O–H groups in total. The lowest BCUT2D eigenvalue weighted by atomic mass is 10.2. The second kappa shape index (κ2) is 11.3. The minimum absolute atomic E-state index is 0.749. The molecule has 5 nitrogen and oxygen atoms in total. The maximum Gasteiger partial charge on any atom is 0.193 e. The van der Waals surface area contributed by atoms with Crippen molar-refractivity contribution in [1.82, 2.24) is 15.1 Å². The van der Waals surface area contributed by atoms with E-state index in [0.717, 1.165) is 75.4 Å². The van der Waals surface area contributed by atoms with Gasteiger partial charge in [-0.3, -0.25) is 9.89 Å². The Morgan fingerprint density at radius 1 is 1.28 bits per heavy atom. The third kappa shape index (κ3) is 7.22. The highest BCUT2D eigenvalue weighted by Gasteiger charge is 2.10. The summed E-state index contributed by atoms with van der Waals surface area (Å²) >= 11 is 6.27. The van der Waals surface area contributed by atoms with Crippen molar-refractivity contribution in [3.05, 3.63) is 34.9 Å². The number of aliphatic imine (C=N–C) groups is 1. The van der Waals surface area contributed by atoms with E-state index in [2.05, 4.69) is 35.2 Å². The second-order valence-corrected chi connectivity index (χ2v) is 6.75. The molecule has 1 heterocycles. The molecule has 0 atom stereocenters.